The van der Waals surface area contributed by atoms with Crippen LogP contribution >= 0.6 is 0 Å². The summed E-state index contributed by atoms with van der Waals surface area (Å²) in [7, 11) is 0. The van der Waals surface area contributed by atoms with Gasteiger partial charge < -0.3 is 9.13 Å². The molecule has 12 rings (SSSR count). The average molecular weight is 893 g/mol. The Morgan fingerprint density at radius 1 is 0.371 bits per heavy atom. The van der Waals surface area contributed by atoms with Gasteiger partial charge in [0.15, 0.2) is 17.5 Å². The van der Waals surface area contributed by atoms with Crippen molar-refractivity contribution >= 4 is 43.6 Å². The van der Waals surface area contributed by atoms with Crippen molar-refractivity contribution in [1.29, 1.82) is 21.0 Å². The van der Waals surface area contributed by atoms with Crippen molar-refractivity contribution in [1.82, 2.24) is 29.1 Å². The molecule has 0 aliphatic rings. The lowest BCUT2D eigenvalue weighted by atomic mass is 9.92. The third-order valence-electron chi connectivity index (χ3n) is 12.8. The molecule has 0 N–H and O–H groups in total. The molecule has 0 spiro atoms. The summed E-state index contributed by atoms with van der Waals surface area (Å²) in [6, 6.07) is 68.0. The number of pyridine rings is 1. The Hall–Kier alpha value is -10.5. The number of benzene rings is 8. The highest BCUT2D eigenvalue weighted by molar-refractivity contribution is 6.13. The van der Waals surface area contributed by atoms with E-state index in [0.717, 1.165) is 66.0 Å². The standard InChI is InChI=1S/C60H32N10/c61-32-37-27-42(34-63)56(43(28-37)35-64)41-23-24-54-47(31-41)46-19-9-12-22-53(46)70(54)57-48(50-36-65-26-25-55(50)69-51-20-10-7-17-44(51)45-18-8-11-21-52(45)69)29-38(33-62)30-49(57)60-67-58(39-13-3-1-4-14-39)66-59(68-60)40-15-5-2-6-16-40/h1-31,36H. The number of rotatable bonds is 7. The van der Waals surface area contributed by atoms with E-state index in [0.29, 0.717) is 51.0 Å². The van der Waals surface area contributed by atoms with Crippen LogP contribution in [0.1, 0.15) is 22.3 Å². The average Bonchev–Trinajstić information content (AvgIpc) is 3.95. The van der Waals surface area contributed by atoms with E-state index in [1.807, 2.05) is 146 Å². The molecule has 0 radical (unpaired) electrons. The summed E-state index contributed by atoms with van der Waals surface area (Å²) in [5.74, 6) is 1.27. The minimum absolute atomic E-state index is 0.225. The van der Waals surface area contributed by atoms with Crippen LogP contribution in [0.4, 0.5) is 0 Å². The molecule has 10 nitrogen and oxygen atoms in total. The summed E-state index contributed by atoms with van der Waals surface area (Å²) in [4.78, 5) is 20.3. The van der Waals surface area contributed by atoms with Crippen LogP contribution in [0.2, 0.25) is 0 Å². The van der Waals surface area contributed by atoms with E-state index in [1.165, 1.54) is 12.1 Å². The van der Waals surface area contributed by atoms with Gasteiger partial charge in [0, 0.05) is 67.3 Å². The summed E-state index contributed by atoms with van der Waals surface area (Å²) in [6.45, 7) is 0. The van der Waals surface area contributed by atoms with Gasteiger partial charge in [-0.2, -0.15) is 21.0 Å². The molecule has 322 valence electrons. The zero-order valence-corrected chi connectivity index (χ0v) is 36.9. The molecule has 0 aliphatic carbocycles. The summed E-state index contributed by atoms with van der Waals surface area (Å²) in [5, 5.41) is 45.4. The molecule has 0 saturated heterocycles. The SMILES string of the molecule is N#Cc1cc(C#N)c(-c2ccc3c(c2)c2ccccc2n3-c2c(-c3nc(-c4ccccc4)nc(-c4ccccc4)n3)cc(C#N)cc2-c2cnccc2-n2c3ccccc3c3ccccc32)c(C#N)c1. The molecular formula is C60H32N10. The zero-order valence-electron chi connectivity index (χ0n) is 36.9. The molecule has 0 atom stereocenters. The minimum atomic E-state index is 0.225. The molecule has 0 bridgehead atoms. The number of hydrogen-bond acceptors (Lipinski definition) is 8. The van der Waals surface area contributed by atoms with Crippen LogP contribution in [0.25, 0.3) is 111 Å². The molecule has 0 saturated carbocycles. The molecule has 10 heteroatoms. The number of hydrogen-bond donors (Lipinski definition) is 0. The topological polar surface area (TPSA) is 157 Å². The van der Waals surface area contributed by atoms with Gasteiger partial charge in [0.2, 0.25) is 0 Å². The normalized spacial score (nSPS) is 11.1. The summed E-state index contributed by atoms with van der Waals surface area (Å²) >= 11 is 0. The van der Waals surface area contributed by atoms with Gasteiger partial charge >= 0.3 is 0 Å². The van der Waals surface area contributed by atoms with E-state index in [4.69, 9.17) is 19.9 Å². The Kier molecular flexibility index (Phi) is 9.78. The van der Waals surface area contributed by atoms with Gasteiger partial charge in [0.05, 0.1) is 80.0 Å². The van der Waals surface area contributed by atoms with Crippen molar-refractivity contribution in [2.45, 2.75) is 0 Å². The highest BCUT2D eigenvalue weighted by atomic mass is 15.1. The molecular weight excluding hydrogens is 861 g/mol. The van der Waals surface area contributed by atoms with E-state index in [2.05, 4.69) is 63.7 Å². The lowest BCUT2D eigenvalue weighted by Crippen LogP contribution is -2.07. The molecule has 4 heterocycles. The first-order valence-corrected chi connectivity index (χ1v) is 22.4. The summed E-state index contributed by atoms with van der Waals surface area (Å²) in [5.41, 5.74) is 10.9. The Morgan fingerprint density at radius 2 is 0.857 bits per heavy atom. The fourth-order valence-electron chi connectivity index (χ4n) is 9.78. The predicted octanol–water partition coefficient (Wildman–Crippen LogP) is 13.3. The maximum Gasteiger partial charge on any atom is 0.166 e. The zero-order chi connectivity index (χ0) is 47.3. The van der Waals surface area contributed by atoms with Gasteiger partial charge in [0.25, 0.3) is 0 Å². The van der Waals surface area contributed by atoms with Gasteiger partial charge in [-0.15, -0.1) is 0 Å². The van der Waals surface area contributed by atoms with Crippen molar-refractivity contribution in [2.75, 3.05) is 0 Å². The fraction of sp³-hybridized carbons (Fsp3) is 0. The molecule has 70 heavy (non-hydrogen) atoms. The van der Waals surface area contributed by atoms with Crippen LogP contribution in [0.5, 0.6) is 0 Å². The second kappa shape index (κ2) is 16.7. The number of fused-ring (bicyclic) bond motifs is 6. The third-order valence-corrected chi connectivity index (χ3v) is 12.8. The molecule has 0 fully saturated rings. The Bertz CT molecular complexity index is 4150. The van der Waals surface area contributed by atoms with E-state index in [-0.39, 0.29) is 16.7 Å². The predicted molar refractivity (Wildman–Crippen MR) is 272 cm³/mol. The quantitative estimate of drug-likeness (QED) is 0.153. The van der Waals surface area contributed by atoms with Crippen LogP contribution in [-0.4, -0.2) is 29.1 Å². The first-order valence-electron chi connectivity index (χ1n) is 22.4. The van der Waals surface area contributed by atoms with Gasteiger partial charge in [0.1, 0.15) is 0 Å². The van der Waals surface area contributed by atoms with Crippen molar-refractivity contribution in [3.8, 4) is 92.1 Å². The van der Waals surface area contributed by atoms with Crippen molar-refractivity contribution in [2.24, 2.45) is 0 Å². The second-order valence-electron chi connectivity index (χ2n) is 16.7. The van der Waals surface area contributed by atoms with Crippen LogP contribution in [0.3, 0.4) is 0 Å². The van der Waals surface area contributed by atoms with Crippen LogP contribution in [0.15, 0.2) is 194 Å². The first-order chi connectivity index (χ1) is 34.5. The molecule has 4 aromatic heterocycles. The number of nitriles is 4. The third kappa shape index (κ3) is 6.62. The summed E-state index contributed by atoms with van der Waals surface area (Å²) in [6.07, 6.45) is 3.64. The Labute approximate surface area is 400 Å². The van der Waals surface area contributed by atoms with Crippen molar-refractivity contribution in [3.05, 3.63) is 217 Å². The maximum atomic E-state index is 11.0. The Morgan fingerprint density at radius 3 is 1.43 bits per heavy atom. The second-order valence-corrected chi connectivity index (χ2v) is 16.7. The summed E-state index contributed by atoms with van der Waals surface area (Å²) < 4.78 is 4.44. The maximum absolute atomic E-state index is 11.0. The van der Waals surface area contributed by atoms with Crippen LogP contribution in [0, 0.1) is 45.3 Å². The molecule has 8 aromatic carbocycles. The minimum Gasteiger partial charge on any atom is -0.309 e. The number of nitrogens with zero attached hydrogens (tertiary/aromatic N) is 10. The van der Waals surface area contributed by atoms with Crippen LogP contribution < -0.4 is 0 Å². The molecule has 0 aliphatic heterocycles. The smallest absolute Gasteiger partial charge is 0.166 e. The van der Waals surface area contributed by atoms with E-state index >= 15 is 0 Å². The van der Waals surface area contributed by atoms with Crippen molar-refractivity contribution < 1.29 is 0 Å². The van der Waals surface area contributed by atoms with Gasteiger partial charge in [-0.1, -0.05) is 121 Å². The Balaban J connectivity index is 1.23. The lowest BCUT2D eigenvalue weighted by molar-refractivity contribution is 1.06. The van der Waals surface area contributed by atoms with E-state index in [1.54, 1.807) is 6.20 Å². The number of para-hydroxylation sites is 3. The van der Waals surface area contributed by atoms with E-state index in [9.17, 15) is 21.0 Å². The van der Waals surface area contributed by atoms with Gasteiger partial charge in [-0.05, 0) is 66.2 Å². The molecule has 0 unspecified atom stereocenters. The van der Waals surface area contributed by atoms with Crippen LogP contribution in [-0.2, 0) is 0 Å². The van der Waals surface area contributed by atoms with Gasteiger partial charge in [-0.25, -0.2) is 15.0 Å². The number of aromatic nitrogens is 6. The molecule has 0 amide bonds. The highest BCUT2D eigenvalue weighted by Gasteiger charge is 2.27. The largest absolute Gasteiger partial charge is 0.309 e. The molecule has 12 aromatic rings. The van der Waals surface area contributed by atoms with E-state index < -0.39 is 0 Å². The lowest BCUT2D eigenvalue weighted by Gasteiger charge is -2.21. The van der Waals surface area contributed by atoms with Crippen molar-refractivity contribution in [3.63, 3.8) is 0 Å². The fourth-order valence-corrected chi connectivity index (χ4v) is 9.78. The monoisotopic (exact) mass is 892 g/mol. The van der Waals surface area contributed by atoms with Gasteiger partial charge in [-0.3, -0.25) is 4.98 Å². The first kappa shape index (κ1) is 40.9. The highest BCUT2D eigenvalue weighted by Crippen LogP contribution is 2.45.